The number of aryl methyl sites for hydroxylation is 1. The molecule has 0 unspecified atom stereocenters. The zero-order valence-corrected chi connectivity index (χ0v) is 12.6. The molecule has 0 spiro atoms. The third kappa shape index (κ3) is 3.17. The van der Waals surface area contributed by atoms with Gasteiger partial charge in [-0.15, -0.1) is 0 Å². The van der Waals surface area contributed by atoms with Crippen LogP contribution in [0.15, 0.2) is 30.3 Å². The highest BCUT2D eigenvalue weighted by molar-refractivity contribution is 5.91. The van der Waals surface area contributed by atoms with Crippen LogP contribution in [0.3, 0.4) is 0 Å². The summed E-state index contributed by atoms with van der Waals surface area (Å²) in [5.41, 5.74) is 3.44. The zero-order valence-electron chi connectivity index (χ0n) is 12.6. The first-order valence-corrected chi connectivity index (χ1v) is 7.72. The number of anilines is 1. The first kappa shape index (κ1) is 14.3. The summed E-state index contributed by atoms with van der Waals surface area (Å²) in [4.78, 5) is 9.44. The van der Waals surface area contributed by atoms with Gasteiger partial charge in [0.05, 0.1) is 12.1 Å². The Labute approximate surface area is 126 Å². The van der Waals surface area contributed by atoms with Crippen molar-refractivity contribution in [2.75, 3.05) is 44.2 Å². The van der Waals surface area contributed by atoms with E-state index in [1.165, 1.54) is 11.1 Å². The highest BCUT2D eigenvalue weighted by Crippen LogP contribution is 2.27. The van der Waals surface area contributed by atoms with Gasteiger partial charge < -0.3 is 10.0 Å². The lowest BCUT2D eigenvalue weighted by atomic mass is 10.1. The van der Waals surface area contributed by atoms with E-state index >= 15 is 0 Å². The summed E-state index contributed by atoms with van der Waals surface area (Å²) in [6, 6.07) is 10.6. The van der Waals surface area contributed by atoms with Crippen molar-refractivity contribution in [1.29, 1.82) is 0 Å². The van der Waals surface area contributed by atoms with Crippen LogP contribution in [0.25, 0.3) is 10.9 Å². The zero-order chi connectivity index (χ0) is 14.7. The fraction of sp³-hybridized carbons (Fsp3) is 0.471. The van der Waals surface area contributed by atoms with Gasteiger partial charge in [-0.05, 0) is 32.0 Å². The molecule has 0 radical (unpaired) electrons. The van der Waals surface area contributed by atoms with Crippen molar-refractivity contribution in [1.82, 2.24) is 9.88 Å². The van der Waals surface area contributed by atoms with Gasteiger partial charge >= 0.3 is 0 Å². The van der Waals surface area contributed by atoms with Crippen LogP contribution in [0.5, 0.6) is 0 Å². The van der Waals surface area contributed by atoms with E-state index in [0.29, 0.717) is 0 Å². The number of rotatable bonds is 3. The summed E-state index contributed by atoms with van der Waals surface area (Å²) in [5, 5.41) is 10.3. The summed E-state index contributed by atoms with van der Waals surface area (Å²) in [6.07, 6.45) is 1.13. The molecule has 21 heavy (non-hydrogen) atoms. The van der Waals surface area contributed by atoms with E-state index in [0.717, 1.165) is 50.4 Å². The Morgan fingerprint density at radius 2 is 2.00 bits per heavy atom. The van der Waals surface area contributed by atoms with E-state index < -0.39 is 0 Å². The van der Waals surface area contributed by atoms with E-state index in [9.17, 15) is 0 Å². The predicted octanol–water partition coefficient (Wildman–Crippen LogP) is 2.05. The highest BCUT2D eigenvalue weighted by atomic mass is 16.3. The van der Waals surface area contributed by atoms with Crippen LogP contribution in [0, 0.1) is 6.92 Å². The van der Waals surface area contributed by atoms with Crippen LogP contribution < -0.4 is 4.90 Å². The van der Waals surface area contributed by atoms with Gasteiger partial charge in [-0.3, -0.25) is 9.88 Å². The van der Waals surface area contributed by atoms with E-state index in [1.807, 2.05) is 6.07 Å². The number of pyridine rings is 1. The monoisotopic (exact) mass is 285 g/mol. The summed E-state index contributed by atoms with van der Waals surface area (Å²) >= 11 is 0. The van der Waals surface area contributed by atoms with E-state index in [4.69, 9.17) is 5.11 Å². The van der Waals surface area contributed by atoms with Gasteiger partial charge in [0.1, 0.15) is 0 Å². The predicted molar refractivity (Wildman–Crippen MR) is 86.8 cm³/mol. The van der Waals surface area contributed by atoms with Crippen LogP contribution in [0.4, 0.5) is 5.69 Å². The first-order chi connectivity index (χ1) is 10.3. The normalized spacial score (nSPS) is 17.1. The number of fused-ring (bicyclic) bond motifs is 1. The minimum absolute atomic E-state index is 0.247. The molecule has 0 amide bonds. The van der Waals surface area contributed by atoms with Crippen molar-refractivity contribution in [3.63, 3.8) is 0 Å². The summed E-state index contributed by atoms with van der Waals surface area (Å²) in [7, 11) is 0. The van der Waals surface area contributed by atoms with Gasteiger partial charge in [0.2, 0.25) is 0 Å². The number of aliphatic hydroxyl groups excluding tert-OH is 1. The molecule has 2 aromatic rings. The molecule has 2 heterocycles. The number of para-hydroxylation sites is 1. The Bertz CT molecular complexity index is 614. The maximum absolute atomic E-state index is 9.11. The molecular weight excluding hydrogens is 262 g/mol. The lowest BCUT2D eigenvalue weighted by Crippen LogP contribution is -2.32. The second kappa shape index (κ2) is 6.41. The Kier molecular flexibility index (Phi) is 4.36. The smallest absolute Gasteiger partial charge is 0.0726 e. The van der Waals surface area contributed by atoms with Crippen molar-refractivity contribution in [2.24, 2.45) is 0 Å². The summed E-state index contributed by atoms with van der Waals surface area (Å²) in [6.45, 7) is 7.24. The number of aliphatic hydroxyl groups is 1. The molecule has 1 N–H and O–H groups in total. The average molecular weight is 285 g/mol. The molecule has 1 aromatic heterocycles. The van der Waals surface area contributed by atoms with Crippen molar-refractivity contribution < 1.29 is 5.11 Å². The van der Waals surface area contributed by atoms with Gasteiger partial charge in [0.15, 0.2) is 0 Å². The minimum atomic E-state index is 0.247. The van der Waals surface area contributed by atoms with E-state index in [2.05, 4.69) is 46.0 Å². The van der Waals surface area contributed by atoms with Gasteiger partial charge in [-0.25, -0.2) is 0 Å². The van der Waals surface area contributed by atoms with Gasteiger partial charge in [0.25, 0.3) is 0 Å². The second-order valence-electron chi connectivity index (χ2n) is 5.71. The fourth-order valence-corrected chi connectivity index (χ4v) is 3.12. The van der Waals surface area contributed by atoms with Crippen LogP contribution >= 0.6 is 0 Å². The minimum Gasteiger partial charge on any atom is -0.395 e. The third-order valence-electron chi connectivity index (χ3n) is 4.17. The molecule has 1 fully saturated rings. The maximum Gasteiger partial charge on any atom is 0.0726 e. The molecule has 3 rings (SSSR count). The summed E-state index contributed by atoms with van der Waals surface area (Å²) in [5.74, 6) is 0. The number of nitrogens with zero attached hydrogens (tertiary/aromatic N) is 3. The molecule has 4 nitrogen and oxygen atoms in total. The molecule has 112 valence electrons. The standard InChI is InChI=1S/C17H23N3O/c1-14-13-17(15-5-2-3-6-16(15)18-14)20-8-4-7-19(9-10-20)11-12-21/h2-3,5-6,13,21H,4,7-12H2,1H3. The number of hydrogen-bond acceptors (Lipinski definition) is 4. The van der Waals surface area contributed by atoms with Gasteiger partial charge in [0, 0.05) is 42.9 Å². The largest absolute Gasteiger partial charge is 0.395 e. The molecule has 1 aliphatic rings. The maximum atomic E-state index is 9.11. The van der Waals surface area contributed by atoms with Crippen LogP contribution in [0.2, 0.25) is 0 Å². The molecule has 4 heteroatoms. The second-order valence-corrected chi connectivity index (χ2v) is 5.71. The fourth-order valence-electron chi connectivity index (χ4n) is 3.12. The Morgan fingerprint density at radius 3 is 2.86 bits per heavy atom. The topological polar surface area (TPSA) is 39.6 Å². The van der Waals surface area contributed by atoms with Crippen molar-refractivity contribution in [2.45, 2.75) is 13.3 Å². The van der Waals surface area contributed by atoms with Crippen LogP contribution in [-0.4, -0.2) is 54.3 Å². The number of aromatic nitrogens is 1. The number of hydrogen-bond donors (Lipinski definition) is 1. The molecule has 1 aromatic carbocycles. The van der Waals surface area contributed by atoms with Crippen LogP contribution in [-0.2, 0) is 0 Å². The molecular formula is C17H23N3O. The SMILES string of the molecule is Cc1cc(N2CCCN(CCO)CC2)c2ccccc2n1. The lowest BCUT2D eigenvalue weighted by Gasteiger charge is -2.25. The summed E-state index contributed by atoms with van der Waals surface area (Å²) < 4.78 is 0. The lowest BCUT2D eigenvalue weighted by molar-refractivity contribution is 0.204. The van der Waals surface area contributed by atoms with Crippen LogP contribution in [0.1, 0.15) is 12.1 Å². The Balaban J connectivity index is 1.89. The third-order valence-corrected chi connectivity index (χ3v) is 4.17. The molecule has 1 saturated heterocycles. The number of benzene rings is 1. The average Bonchev–Trinajstić information content (AvgIpc) is 2.72. The molecule has 0 saturated carbocycles. The Morgan fingerprint density at radius 1 is 1.14 bits per heavy atom. The molecule has 0 bridgehead atoms. The highest BCUT2D eigenvalue weighted by Gasteiger charge is 2.17. The Hall–Kier alpha value is -1.65. The number of β-amino-alcohol motifs (C(OH)–C–C–N with tert-alkyl or cyclic N) is 1. The van der Waals surface area contributed by atoms with Crippen molar-refractivity contribution in [3.05, 3.63) is 36.0 Å². The van der Waals surface area contributed by atoms with E-state index in [1.54, 1.807) is 0 Å². The van der Waals surface area contributed by atoms with Crippen molar-refractivity contribution >= 4 is 16.6 Å². The molecule has 0 aliphatic carbocycles. The molecule has 1 aliphatic heterocycles. The van der Waals surface area contributed by atoms with Gasteiger partial charge in [-0.1, -0.05) is 18.2 Å². The molecule has 0 atom stereocenters. The van der Waals surface area contributed by atoms with E-state index in [-0.39, 0.29) is 6.61 Å². The first-order valence-electron chi connectivity index (χ1n) is 7.72. The van der Waals surface area contributed by atoms with Crippen molar-refractivity contribution in [3.8, 4) is 0 Å². The van der Waals surface area contributed by atoms with Gasteiger partial charge in [-0.2, -0.15) is 0 Å². The quantitative estimate of drug-likeness (QED) is 0.937.